The Morgan fingerprint density at radius 3 is 2.62 bits per heavy atom. The van der Waals surface area contributed by atoms with Crippen molar-refractivity contribution in [2.24, 2.45) is 4.99 Å². The first-order valence-electron chi connectivity index (χ1n) is 6.74. The molecule has 0 aromatic heterocycles. The molecule has 1 aromatic carbocycles. The second-order valence-corrected chi connectivity index (χ2v) is 7.27. The lowest BCUT2D eigenvalue weighted by Crippen LogP contribution is -2.21. The Morgan fingerprint density at radius 2 is 1.95 bits per heavy atom. The van der Waals surface area contributed by atoms with Gasteiger partial charge in [0.1, 0.15) is 0 Å². The van der Waals surface area contributed by atoms with Crippen LogP contribution in [0.4, 0.5) is 18.9 Å². The molecule has 2 nitrogen and oxygen atoms in total. The van der Waals surface area contributed by atoms with Crippen LogP contribution >= 0.6 is 27.7 Å². The van der Waals surface area contributed by atoms with Crippen LogP contribution in [0.15, 0.2) is 27.7 Å². The molecule has 114 valence electrons. The number of anilines is 1. The predicted octanol–water partition coefficient (Wildman–Crippen LogP) is 5.30. The summed E-state index contributed by atoms with van der Waals surface area (Å²) in [4.78, 5) is 4.71. The molecule has 1 spiro atoms. The lowest BCUT2D eigenvalue weighted by molar-refractivity contribution is -0.137. The smallest absolute Gasteiger partial charge is 0.334 e. The summed E-state index contributed by atoms with van der Waals surface area (Å²) in [5.74, 6) is 0.923. The maximum atomic E-state index is 12.8. The standard InChI is InChI=1S/C14H14BrF3N2S/c15-10-4-3-9(14(16,17)18)7-11(10)19-12-20-13(8-21-12)5-1-2-6-13/h3-4,7H,1-2,5-6,8H2,(H,19,20). The van der Waals surface area contributed by atoms with Crippen LogP contribution in [0, 0.1) is 0 Å². The van der Waals surface area contributed by atoms with Crippen molar-refractivity contribution < 1.29 is 13.2 Å². The molecular formula is C14H14BrF3N2S. The van der Waals surface area contributed by atoms with Crippen molar-refractivity contribution in [3.63, 3.8) is 0 Å². The minimum atomic E-state index is -4.34. The number of nitrogens with one attached hydrogen (secondary N) is 1. The first kappa shape index (κ1) is 15.2. The number of thioether (sulfide) groups is 1. The molecule has 1 heterocycles. The van der Waals surface area contributed by atoms with Gasteiger partial charge in [-0.05, 0) is 47.0 Å². The van der Waals surface area contributed by atoms with Crippen LogP contribution in [-0.2, 0) is 6.18 Å². The summed E-state index contributed by atoms with van der Waals surface area (Å²) in [6.07, 6.45) is 0.188. The van der Waals surface area contributed by atoms with Gasteiger partial charge in [0.05, 0.1) is 16.8 Å². The van der Waals surface area contributed by atoms with Gasteiger partial charge in [0.2, 0.25) is 0 Å². The van der Waals surface area contributed by atoms with E-state index in [1.165, 1.54) is 18.9 Å². The summed E-state index contributed by atoms with van der Waals surface area (Å²) in [7, 11) is 0. The molecule has 1 aliphatic carbocycles. The van der Waals surface area contributed by atoms with Crippen LogP contribution in [-0.4, -0.2) is 16.5 Å². The van der Waals surface area contributed by atoms with Crippen LogP contribution in [0.25, 0.3) is 0 Å². The highest BCUT2D eigenvalue weighted by molar-refractivity contribution is 9.10. The minimum Gasteiger partial charge on any atom is -0.334 e. The van der Waals surface area contributed by atoms with Crippen molar-refractivity contribution in [2.45, 2.75) is 37.4 Å². The molecule has 0 atom stereocenters. The quantitative estimate of drug-likeness (QED) is 0.717. The molecule has 1 fully saturated rings. The zero-order chi connectivity index (χ0) is 15.1. The molecule has 1 aliphatic heterocycles. The third-order valence-electron chi connectivity index (χ3n) is 3.89. The SMILES string of the molecule is FC(F)(F)c1ccc(Br)c(NC2=NC3(CCCC3)CS2)c1. The number of aliphatic imine (C=N–C) groups is 1. The van der Waals surface area contributed by atoms with Crippen molar-refractivity contribution in [1.29, 1.82) is 0 Å². The highest BCUT2D eigenvalue weighted by Crippen LogP contribution is 2.42. The molecule has 0 unspecified atom stereocenters. The Bertz CT molecular complexity index is 580. The van der Waals surface area contributed by atoms with E-state index in [-0.39, 0.29) is 5.54 Å². The molecule has 1 saturated carbocycles. The summed E-state index contributed by atoms with van der Waals surface area (Å²) in [6.45, 7) is 0. The van der Waals surface area contributed by atoms with Gasteiger partial charge in [0.25, 0.3) is 0 Å². The van der Waals surface area contributed by atoms with E-state index in [1.54, 1.807) is 11.8 Å². The third kappa shape index (κ3) is 3.23. The zero-order valence-electron chi connectivity index (χ0n) is 11.1. The van der Waals surface area contributed by atoms with Gasteiger partial charge in [-0.2, -0.15) is 13.2 Å². The van der Waals surface area contributed by atoms with Crippen molar-refractivity contribution in [3.8, 4) is 0 Å². The molecule has 1 N–H and O–H groups in total. The number of amidine groups is 1. The number of hydrogen-bond donors (Lipinski definition) is 1. The fraction of sp³-hybridized carbons (Fsp3) is 0.500. The van der Waals surface area contributed by atoms with Crippen molar-refractivity contribution in [1.82, 2.24) is 0 Å². The number of alkyl halides is 3. The minimum absolute atomic E-state index is 0.0150. The molecule has 21 heavy (non-hydrogen) atoms. The van der Waals surface area contributed by atoms with Crippen LogP contribution < -0.4 is 5.32 Å². The summed E-state index contributed by atoms with van der Waals surface area (Å²) < 4.78 is 38.9. The van der Waals surface area contributed by atoms with Crippen LogP contribution in [0.2, 0.25) is 0 Å². The number of halogens is 4. The first-order valence-corrected chi connectivity index (χ1v) is 8.52. The normalized spacial score (nSPS) is 20.9. The van der Waals surface area contributed by atoms with E-state index in [0.717, 1.165) is 35.9 Å². The van der Waals surface area contributed by atoms with Crippen LogP contribution in [0.3, 0.4) is 0 Å². The molecule has 0 amide bonds. The van der Waals surface area contributed by atoms with E-state index in [9.17, 15) is 13.2 Å². The van der Waals surface area contributed by atoms with E-state index in [0.29, 0.717) is 10.2 Å². The number of nitrogens with zero attached hydrogens (tertiary/aromatic N) is 1. The van der Waals surface area contributed by atoms with Gasteiger partial charge in [0.15, 0.2) is 5.17 Å². The Balaban J connectivity index is 1.82. The largest absolute Gasteiger partial charge is 0.416 e. The lowest BCUT2D eigenvalue weighted by Gasteiger charge is -2.16. The number of hydrogen-bond acceptors (Lipinski definition) is 3. The van der Waals surface area contributed by atoms with Gasteiger partial charge in [-0.15, -0.1) is 0 Å². The van der Waals surface area contributed by atoms with E-state index in [1.807, 2.05) is 0 Å². The van der Waals surface area contributed by atoms with E-state index in [2.05, 4.69) is 21.2 Å². The summed E-state index contributed by atoms with van der Waals surface area (Å²) in [5, 5.41) is 3.76. The van der Waals surface area contributed by atoms with Gasteiger partial charge < -0.3 is 5.32 Å². The maximum Gasteiger partial charge on any atom is 0.416 e. The molecular weight excluding hydrogens is 365 g/mol. The highest BCUT2D eigenvalue weighted by Gasteiger charge is 2.38. The summed E-state index contributed by atoms with van der Waals surface area (Å²) in [5.41, 5.74) is -0.236. The van der Waals surface area contributed by atoms with Gasteiger partial charge in [-0.25, -0.2) is 0 Å². The topological polar surface area (TPSA) is 24.4 Å². The Labute approximate surface area is 133 Å². The maximum absolute atomic E-state index is 12.8. The van der Waals surface area contributed by atoms with Crippen LogP contribution in [0.1, 0.15) is 31.2 Å². The summed E-state index contributed by atoms with van der Waals surface area (Å²) >= 11 is 4.88. The molecule has 0 radical (unpaired) electrons. The molecule has 2 aliphatic rings. The monoisotopic (exact) mass is 378 g/mol. The van der Waals surface area contributed by atoms with E-state index < -0.39 is 11.7 Å². The van der Waals surface area contributed by atoms with Crippen molar-refractivity contribution in [2.75, 3.05) is 11.1 Å². The fourth-order valence-corrected chi connectivity index (χ4v) is 4.29. The van der Waals surface area contributed by atoms with E-state index >= 15 is 0 Å². The zero-order valence-corrected chi connectivity index (χ0v) is 13.5. The molecule has 1 aromatic rings. The first-order chi connectivity index (χ1) is 9.88. The highest BCUT2D eigenvalue weighted by atomic mass is 79.9. The second kappa shape index (κ2) is 5.50. The Hall–Kier alpha value is -0.690. The van der Waals surface area contributed by atoms with Gasteiger partial charge in [0, 0.05) is 10.2 Å². The predicted molar refractivity (Wildman–Crippen MR) is 83.9 cm³/mol. The van der Waals surface area contributed by atoms with Crippen molar-refractivity contribution >= 4 is 38.5 Å². The second-order valence-electron chi connectivity index (χ2n) is 5.45. The fourth-order valence-electron chi connectivity index (χ4n) is 2.75. The number of rotatable bonds is 1. The van der Waals surface area contributed by atoms with E-state index in [4.69, 9.17) is 4.99 Å². The molecule has 0 bridgehead atoms. The Morgan fingerprint density at radius 1 is 1.24 bits per heavy atom. The average Bonchev–Trinajstić information content (AvgIpc) is 3.02. The molecule has 7 heteroatoms. The van der Waals surface area contributed by atoms with Crippen molar-refractivity contribution in [3.05, 3.63) is 28.2 Å². The van der Waals surface area contributed by atoms with Crippen LogP contribution in [0.5, 0.6) is 0 Å². The average molecular weight is 379 g/mol. The number of benzene rings is 1. The van der Waals surface area contributed by atoms with Gasteiger partial charge in [-0.1, -0.05) is 24.6 Å². The Kier molecular flexibility index (Phi) is 3.98. The summed E-state index contributed by atoms with van der Waals surface area (Å²) in [6, 6.07) is 3.60. The molecule has 3 rings (SSSR count). The molecule has 0 saturated heterocycles. The van der Waals surface area contributed by atoms with Gasteiger partial charge in [-0.3, -0.25) is 4.99 Å². The third-order valence-corrected chi connectivity index (χ3v) is 5.73. The van der Waals surface area contributed by atoms with Gasteiger partial charge >= 0.3 is 6.18 Å². The lowest BCUT2D eigenvalue weighted by atomic mass is 10.0.